The minimum absolute atomic E-state index is 0.899. The summed E-state index contributed by atoms with van der Waals surface area (Å²) in [6, 6.07) is 49.8. The molecule has 8 aromatic rings. The number of furan rings is 1. The third-order valence-electron chi connectivity index (χ3n) is 7.56. The van der Waals surface area contributed by atoms with Crippen molar-refractivity contribution in [3.63, 3.8) is 0 Å². The van der Waals surface area contributed by atoms with Crippen molar-refractivity contribution in [2.24, 2.45) is 0 Å². The zero-order valence-electron chi connectivity index (χ0n) is 20.6. The Bertz CT molecular complexity index is 2070. The molecule has 7 aromatic carbocycles. The standard InChI is InChI=1S/C36H23NO/c1-3-9-26-19-30(15-13-24(26)7-1)37(31-16-14-25-8-2-4-10-27(25)20-31)32-17-18-35-34(23-32)33-21-28-11-5-6-12-29(28)22-36(33)38-35/h1-23H. The van der Waals surface area contributed by atoms with E-state index in [2.05, 4.69) is 144 Å². The lowest BCUT2D eigenvalue weighted by Crippen LogP contribution is -2.09. The Morgan fingerprint density at radius 1 is 0.342 bits per heavy atom. The van der Waals surface area contributed by atoms with Crippen LogP contribution in [0.3, 0.4) is 0 Å². The Morgan fingerprint density at radius 3 is 1.39 bits per heavy atom. The Morgan fingerprint density at radius 2 is 0.789 bits per heavy atom. The second-order valence-electron chi connectivity index (χ2n) is 9.88. The molecule has 2 nitrogen and oxygen atoms in total. The molecule has 0 amide bonds. The molecule has 0 unspecified atom stereocenters. The summed E-state index contributed by atoms with van der Waals surface area (Å²) in [5, 5.41) is 9.57. The first-order valence-electron chi connectivity index (χ1n) is 12.9. The lowest BCUT2D eigenvalue weighted by atomic mass is 10.0. The van der Waals surface area contributed by atoms with Crippen LogP contribution < -0.4 is 4.90 Å². The first-order valence-corrected chi connectivity index (χ1v) is 12.9. The highest BCUT2D eigenvalue weighted by Gasteiger charge is 2.16. The summed E-state index contributed by atoms with van der Waals surface area (Å²) in [6.07, 6.45) is 0. The summed E-state index contributed by atoms with van der Waals surface area (Å²) in [5.41, 5.74) is 5.15. The van der Waals surface area contributed by atoms with Crippen LogP contribution in [-0.2, 0) is 0 Å². The molecular weight excluding hydrogens is 462 g/mol. The second-order valence-corrected chi connectivity index (χ2v) is 9.88. The van der Waals surface area contributed by atoms with Crippen LogP contribution in [0.4, 0.5) is 17.1 Å². The lowest BCUT2D eigenvalue weighted by Gasteiger charge is -2.26. The van der Waals surface area contributed by atoms with E-state index < -0.39 is 0 Å². The van der Waals surface area contributed by atoms with E-state index >= 15 is 0 Å². The van der Waals surface area contributed by atoms with Gasteiger partial charge in [-0.1, -0.05) is 84.9 Å². The molecule has 38 heavy (non-hydrogen) atoms. The van der Waals surface area contributed by atoms with Gasteiger partial charge in [0.2, 0.25) is 0 Å². The van der Waals surface area contributed by atoms with Crippen LogP contribution in [0.5, 0.6) is 0 Å². The average molecular weight is 486 g/mol. The molecule has 0 fully saturated rings. The van der Waals surface area contributed by atoms with Crippen LogP contribution >= 0.6 is 0 Å². The quantitative estimate of drug-likeness (QED) is 0.247. The Balaban J connectivity index is 1.38. The normalized spacial score (nSPS) is 11.7. The van der Waals surface area contributed by atoms with Crippen molar-refractivity contribution in [3.8, 4) is 0 Å². The van der Waals surface area contributed by atoms with Gasteiger partial charge in [-0.25, -0.2) is 0 Å². The molecule has 1 heterocycles. The van der Waals surface area contributed by atoms with Gasteiger partial charge < -0.3 is 9.32 Å². The molecule has 0 bridgehead atoms. The minimum atomic E-state index is 0.899. The van der Waals surface area contributed by atoms with E-state index in [0.717, 1.165) is 39.0 Å². The summed E-state index contributed by atoms with van der Waals surface area (Å²) >= 11 is 0. The molecule has 0 aliphatic carbocycles. The van der Waals surface area contributed by atoms with Gasteiger partial charge in [0.15, 0.2) is 0 Å². The van der Waals surface area contributed by atoms with Gasteiger partial charge in [0.1, 0.15) is 11.2 Å². The van der Waals surface area contributed by atoms with Crippen LogP contribution in [0.15, 0.2) is 144 Å². The van der Waals surface area contributed by atoms with Gasteiger partial charge in [-0.05, 0) is 86.9 Å². The zero-order valence-corrected chi connectivity index (χ0v) is 20.6. The highest BCUT2D eigenvalue weighted by molar-refractivity contribution is 6.11. The van der Waals surface area contributed by atoms with Crippen molar-refractivity contribution in [1.82, 2.24) is 0 Å². The topological polar surface area (TPSA) is 16.4 Å². The van der Waals surface area contributed by atoms with Gasteiger partial charge in [0.25, 0.3) is 0 Å². The average Bonchev–Trinajstić information content (AvgIpc) is 3.32. The number of nitrogens with zero attached hydrogens (tertiary/aromatic N) is 1. The summed E-state index contributed by atoms with van der Waals surface area (Å²) in [6.45, 7) is 0. The fourth-order valence-corrected chi connectivity index (χ4v) is 5.67. The highest BCUT2D eigenvalue weighted by atomic mass is 16.3. The smallest absolute Gasteiger partial charge is 0.136 e. The van der Waals surface area contributed by atoms with Crippen LogP contribution in [0.25, 0.3) is 54.3 Å². The minimum Gasteiger partial charge on any atom is -0.456 e. The third-order valence-corrected chi connectivity index (χ3v) is 7.56. The summed E-state index contributed by atoms with van der Waals surface area (Å²) in [7, 11) is 0. The summed E-state index contributed by atoms with van der Waals surface area (Å²) < 4.78 is 6.30. The maximum atomic E-state index is 6.30. The van der Waals surface area contributed by atoms with Crippen molar-refractivity contribution >= 4 is 71.3 Å². The van der Waals surface area contributed by atoms with Gasteiger partial charge in [0, 0.05) is 27.8 Å². The Labute approximate surface area is 220 Å². The van der Waals surface area contributed by atoms with Gasteiger partial charge in [-0.15, -0.1) is 0 Å². The fraction of sp³-hybridized carbons (Fsp3) is 0. The molecule has 0 aliphatic heterocycles. The molecular formula is C36H23NO. The largest absolute Gasteiger partial charge is 0.456 e. The number of benzene rings is 7. The van der Waals surface area contributed by atoms with Crippen LogP contribution in [-0.4, -0.2) is 0 Å². The lowest BCUT2D eigenvalue weighted by molar-refractivity contribution is 0.669. The molecule has 1 aromatic heterocycles. The molecule has 0 N–H and O–H groups in total. The maximum absolute atomic E-state index is 6.30. The number of fused-ring (bicyclic) bond motifs is 6. The van der Waals surface area contributed by atoms with Crippen molar-refractivity contribution in [2.45, 2.75) is 0 Å². The number of hydrogen-bond acceptors (Lipinski definition) is 2. The SMILES string of the molecule is c1ccc2cc(N(c3ccc4ccccc4c3)c3ccc4oc5cc6ccccc6cc5c4c3)ccc2c1. The van der Waals surface area contributed by atoms with E-state index in [1.54, 1.807) is 0 Å². The van der Waals surface area contributed by atoms with Gasteiger partial charge >= 0.3 is 0 Å². The van der Waals surface area contributed by atoms with Gasteiger partial charge in [-0.3, -0.25) is 0 Å². The predicted molar refractivity (Wildman–Crippen MR) is 161 cm³/mol. The predicted octanol–water partition coefficient (Wildman–Crippen LogP) is 10.5. The van der Waals surface area contributed by atoms with Gasteiger partial charge in [-0.2, -0.15) is 0 Å². The summed E-state index contributed by atoms with van der Waals surface area (Å²) in [5.74, 6) is 0. The number of anilines is 3. The van der Waals surface area contributed by atoms with E-state index in [9.17, 15) is 0 Å². The van der Waals surface area contributed by atoms with Crippen LogP contribution in [0.1, 0.15) is 0 Å². The third kappa shape index (κ3) is 3.35. The summed E-state index contributed by atoms with van der Waals surface area (Å²) in [4.78, 5) is 2.35. The molecule has 178 valence electrons. The maximum Gasteiger partial charge on any atom is 0.136 e. The Kier molecular flexibility index (Phi) is 4.55. The monoisotopic (exact) mass is 485 g/mol. The van der Waals surface area contributed by atoms with Crippen molar-refractivity contribution in [1.29, 1.82) is 0 Å². The van der Waals surface area contributed by atoms with E-state index in [1.807, 2.05) is 0 Å². The van der Waals surface area contributed by atoms with Crippen molar-refractivity contribution in [3.05, 3.63) is 140 Å². The molecule has 0 aliphatic rings. The first kappa shape index (κ1) is 21.0. The molecule has 0 atom stereocenters. The van der Waals surface area contributed by atoms with Gasteiger partial charge in [0.05, 0.1) is 0 Å². The van der Waals surface area contributed by atoms with E-state index in [1.165, 1.54) is 32.3 Å². The number of rotatable bonds is 3. The van der Waals surface area contributed by atoms with Crippen molar-refractivity contribution < 1.29 is 4.42 Å². The second kappa shape index (κ2) is 8.22. The highest BCUT2D eigenvalue weighted by Crippen LogP contribution is 2.41. The number of hydrogen-bond donors (Lipinski definition) is 0. The fourth-order valence-electron chi connectivity index (χ4n) is 5.67. The Hall–Kier alpha value is -5.08. The van der Waals surface area contributed by atoms with E-state index in [0.29, 0.717) is 0 Å². The van der Waals surface area contributed by atoms with E-state index in [-0.39, 0.29) is 0 Å². The van der Waals surface area contributed by atoms with Crippen LogP contribution in [0, 0.1) is 0 Å². The van der Waals surface area contributed by atoms with Crippen molar-refractivity contribution in [2.75, 3.05) is 4.90 Å². The molecule has 0 saturated heterocycles. The zero-order chi connectivity index (χ0) is 25.1. The molecule has 0 radical (unpaired) electrons. The molecule has 0 saturated carbocycles. The molecule has 2 heteroatoms. The van der Waals surface area contributed by atoms with Crippen LogP contribution in [0.2, 0.25) is 0 Å². The van der Waals surface area contributed by atoms with E-state index in [4.69, 9.17) is 4.42 Å². The first-order chi connectivity index (χ1) is 18.8. The molecule has 8 rings (SSSR count). The molecule has 0 spiro atoms.